The van der Waals surface area contributed by atoms with Gasteiger partial charge >= 0.3 is 6.18 Å². The molecule has 27 heavy (non-hydrogen) atoms. The Bertz CT molecular complexity index is 883. The number of carbonyl (C=O) groups excluding carboxylic acids is 2. The van der Waals surface area contributed by atoms with Gasteiger partial charge in [0.1, 0.15) is 0 Å². The van der Waals surface area contributed by atoms with Gasteiger partial charge in [0, 0.05) is 25.1 Å². The molecule has 1 heterocycles. The number of rotatable bonds is 4. The highest BCUT2D eigenvalue weighted by atomic mass is 35.5. The molecular weight excluding hydrogens is 381 g/mol. The minimum absolute atomic E-state index is 0.0522. The zero-order chi connectivity index (χ0) is 19.6. The van der Waals surface area contributed by atoms with Gasteiger partial charge in [-0.2, -0.15) is 13.2 Å². The topological polar surface area (TPSA) is 49.4 Å². The molecule has 0 aromatic heterocycles. The van der Waals surface area contributed by atoms with Crippen molar-refractivity contribution in [2.75, 3.05) is 11.4 Å². The van der Waals surface area contributed by atoms with Crippen molar-refractivity contribution < 1.29 is 22.8 Å². The number of carbonyl (C=O) groups is 2. The molecule has 0 spiro atoms. The van der Waals surface area contributed by atoms with Gasteiger partial charge in [-0.05, 0) is 42.3 Å². The van der Waals surface area contributed by atoms with E-state index in [0.717, 1.165) is 18.6 Å². The predicted molar refractivity (Wildman–Crippen MR) is 95.7 cm³/mol. The Morgan fingerprint density at radius 3 is 2.63 bits per heavy atom. The van der Waals surface area contributed by atoms with Crippen LogP contribution in [0.2, 0.25) is 5.02 Å². The molecule has 0 radical (unpaired) electrons. The standard InChI is InChI=1S/C19H16ClF3N2O2/c20-15-7-6-13(10-16(15)25-8-2-5-17(25)26)18(27)24-11-12-3-1-4-14(9-12)19(21,22)23/h1,3-4,6-7,9-10H,2,5,8,11H2,(H,24,27). The molecule has 1 aliphatic heterocycles. The smallest absolute Gasteiger partial charge is 0.348 e. The molecule has 142 valence electrons. The van der Waals surface area contributed by atoms with Gasteiger partial charge < -0.3 is 10.2 Å². The maximum absolute atomic E-state index is 12.8. The highest BCUT2D eigenvalue weighted by molar-refractivity contribution is 6.34. The lowest BCUT2D eigenvalue weighted by Crippen LogP contribution is -2.26. The zero-order valence-corrected chi connectivity index (χ0v) is 14.9. The maximum atomic E-state index is 12.8. The summed E-state index contributed by atoms with van der Waals surface area (Å²) in [5.41, 5.74) is 0.310. The van der Waals surface area contributed by atoms with Crippen LogP contribution in [-0.4, -0.2) is 18.4 Å². The van der Waals surface area contributed by atoms with Gasteiger partial charge in [0.15, 0.2) is 0 Å². The molecule has 3 rings (SSSR count). The Morgan fingerprint density at radius 1 is 1.19 bits per heavy atom. The second kappa shape index (κ2) is 7.60. The summed E-state index contributed by atoms with van der Waals surface area (Å²) in [7, 11) is 0. The van der Waals surface area contributed by atoms with E-state index in [9.17, 15) is 22.8 Å². The van der Waals surface area contributed by atoms with Crippen LogP contribution in [0.15, 0.2) is 42.5 Å². The monoisotopic (exact) mass is 396 g/mol. The zero-order valence-electron chi connectivity index (χ0n) is 14.1. The summed E-state index contributed by atoms with van der Waals surface area (Å²) in [6.45, 7) is 0.483. The van der Waals surface area contributed by atoms with Crippen molar-refractivity contribution in [1.29, 1.82) is 0 Å². The molecule has 8 heteroatoms. The average molecular weight is 397 g/mol. The van der Waals surface area contributed by atoms with E-state index in [1.54, 1.807) is 0 Å². The summed E-state index contributed by atoms with van der Waals surface area (Å²) in [6, 6.07) is 9.33. The number of nitrogens with zero attached hydrogens (tertiary/aromatic N) is 1. The molecule has 1 saturated heterocycles. The van der Waals surface area contributed by atoms with E-state index in [2.05, 4.69) is 5.32 Å². The van der Waals surface area contributed by atoms with E-state index in [4.69, 9.17) is 11.6 Å². The van der Waals surface area contributed by atoms with E-state index in [0.29, 0.717) is 29.2 Å². The fourth-order valence-electron chi connectivity index (χ4n) is 2.91. The van der Waals surface area contributed by atoms with Crippen LogP contribution in [0.5, 0.6) is 0 Å². The number of hydrogen-bond donors (Lipinski definition) is 1. The number of amides is 2. The Labute approximate surface area is 158 Å². The number of benzene rings is 2. The van der Waals surface area contributed by atoms with Crippen LogP contribution >= 0.6 is 11.6 Å². The highest BCUT2D eigenvalue weighted by Gasteiger charge is 2.30. The predicted octanol–water partition coefficient (Wildman–Crippen LogP) is 4.42. The van der Waals surface area contributed by atoms with Crippen LogP contribution in [-0.2, 0) is 17.5 Å². The lowest BCUT2D eigenvalue weighted by atomic mass is 10.1. The molecule has 2 aromatic carbocycles. The van der Waals surface area contributed by atoms with Crippen LogP contribution in [0.25, 0.3) is 0 Å². The first-order valence-corrected chi connectivity index (χ1v) is 8.68. The van der Waals surface area contributed by atoms with E-state index >= 15 is 0 Å². The van der Waals surface area contributed by atoms with E-state index in [-0.39, 0.29) is 18.0 Å². The summed E-state index contributed by atoms with van der Waals surface area (Å²) in [5.74, 6) is -0.518. The van der Waals surface area contributed by atoms with Gasteiger partial charge in [0.05, 0.1) is 16.3 Å². The quantitative estimate of drug-likeness (QED) is 0.832. The Balaban J connectivity index is 1.73. The third-order valence-electron chi connectivity index (χ3n) is 4.28. The van der Waals surface area contributed by atoms with Crippen molar-refractivity contribution in [3.05, 3.63) is 64.2 Å². The normalized spacial score (nSPS) is 14.5. The second-order valence-corrected chi connectivity index (χ2v) is 6.60. The van der Waals surface area contributed by atoms with Gasteiger partial charge in [-0.15, -0.1) is 0 Å². The van der Waals surface area contributed by atoms with Crippen LogP contribution in [0.1, 0.15) is 34.3 Å². The van der Waals surface area contributed by atoms with Gasteiger partial charge in [-0.3, -0.25) is 9.59 Å². The third kappa shape index (κ3) is 4.42. The summed E-state index contributed by atoms with van der Waals surface area (Å²) in [4.78, 5) is 25.8. The fourth-order valence-corrected chi connectivity index (χ4v) is 3.13. The largest absolute Gasteiger partial charge is 0.416 e. The Morgan fingerprint density at radius 2 is 1.96 bits per heavy atom. The van der Waals surface area contributed by atoms with Crippen LogP contribution in [0.3, 0.4) is 0 Å². The molecule has 1 aliphatic rings. The molecular formula is C19H16ClF3N2O2. The number of alkyl halides is 3. The SMILES string of the molecule is O=C(NCc1cccc(C(F)(F)F)c1)c1ccc(Cl)c(N2CCCC2=O)c1. The van der Waals surface area contributed by atoms with Gasteiger partial charge in [0.25, 0.3) is 5.91 Å². The van der Waals surface area contributed by atoms with Crippen LogP contribution in [0.4, 0.5) is 18.9 Å². The van der Waals surface area contributed by atoms with Crippen molar-refractivity contribution in [2.45, 2.75) is 25.6 Å². The molecule has 1 fully saturated rings. The maximum Gasteiger partial charge on any atom is 0.416 e. The van der Waals surface area contributed by atoms with Crippen molar-refractivity contribution in [3.8, 4) is 0 Å². The first kappa shape index (κ1) is 19.2. The molecule has 0 atom stereocenters. The summed E-state index contributed by atoms with van der Waals surface area (Å²) >= 11 is 6.15. The van der Waals surface area contributed by atoms with Gasteiger partial charge in [-0.25, -0.2) is 0 Å². The highest BCUT2D eigenvalue weighted by Crippen LogP contribution is 2.31. The summed E-state index contributed by atoms with van der Waals surface area (Å²) in [5, 5.41) is 2.95. The van der Waals surface area contributed by atoms with Gasteiger partial charge in [-0.1, -0.05) is 23.7 Å². The van der Waals surface area contributed by atoms with Crippen molar-refractivity contribution in [3.63, 3.8) is 0 Å². The summed E-state index contributed by atoms with van der Waals surface area (Å²) in [6.07, 6.45) is -3.28. The Hall–Kier alpha value is -2.54. The minimum atomic E-state index is -4.44. The van der Waals surface area contributed by atoms with Crippen molar-refractivity contribution in [2.24, 2.45) is 0 Å². The molecule has 1 N–H and O–H groups in total. The number of anilines is 1. The molecule has 0 saturated carbocycles. The molecule has 0 unspecified atom stereocenters. The van der Waals surface area contributed by atoms with Crippen molar-refractivity contribution in [1.82, 2.24) is 5.32 Å². The molecule has 2 amide bonds. The second-order valence-electron chi connectivity index (χ2n) is 6.20. The lowest BCUT2D eigenvalue weighted by Gasteiger charge is -2.18. The lowest BCUT2D eigenvalue weighted by molar-refractivity contribution is -0.137. The molecule has 4 nitrogen and oxygen atoms in total. The van der Waals surface area contributed by atoms with Crippen LogP contribution in [0, 0.1) is 0 Å². The third-order valence-corrected chi connectivity index (χ3v) is 4.60. The van der Waals surface area contributed by atoms with Gasteiger partial charge in [0.2, 0.25) is 5.91 Å². The average Bonchev–Trinajstić information content (AvgIpc) is 3.05. The summed E-state index contributed by atoms with van der Waals surface area (Å²) < 4.78 is 38.3. The first-order valence-electron chi connectivity index (χ1n) is 8.30. The molecule has 0 bridgehead atoms. The number of nitrogens with one attached hydrogen (secondary N) is 1. The molecule has 0 aliphatic carbocycles. The number of hydrogen-bond acceptors (Lipinski definition) is 2. The van der Waals surface area contributed by atoms with E-state index in [1.165, 1.54) is 35.2 Å². The Kier molecular flexibility index (Phi) is 5.41. The minimum Gasteiger partial charge on any atom is -0.348 e. The molecule has 2 aromatic rings. The van der Waals surface area contributed by atoms with Crippen molar-refractivity contribution >= 4 is 29.1 Å². The number of halogens is 4. The van der Waals surface area contributed by atoms with Crippen LogP contribution < -0.4 is 10.2 Å². The van der Waals surface area contributed by atoms with E-state index < -0.39 is 17.6 Å². The van der Waals surface area contributed by atoms with E-state index in [1.807, 2.05) is 0 Å². The first-order chi connectivity index (χ1) is 12.8. The fraction of sp³-hybridized carbons (Fsp3) is 0.263.